The summed E-state index contributed by atoms with van der Waals surface area (Å²) in [6.45, 7) is 1.97. The van der Waals surface area contributed by atoms with E-state index in [1.807, 2.05) is 6.92 Å². The molecule has 3 N–H and O–H groups in total. The lowest BCUT2D eigenvalue weighted by atomic mass is 10.2. The molecule has 0 saturated heterocycles. The van der Waals surface area contributed by atoms with Gasteiger partial charge in [0.25, 0.3) is 5.91 Å². The van der Waals surface area contributed by atoms with Crippen molar-refractivity contribution in [2.24, 2.45) is 5.84 Å². The molecule has 1 atom stereocenters. The summed E-state index contributed by atoms with van der Waals surface area (Å²) in [4.78, 5) is 11.4. The van der Waals surface area contributed by atoms with Crippen LogP contribution >= 0.6 is 11.6 Å². The van der Waals surface area contributed by atoms with Gasteiger partial charge in [0.2, 0.25) is 0 Å². The molecule has 1 amide bonds. The Bertz CT molecular complexity index is 340. The first kappa shape index (κ1) is 12.8. The predicted molar refractivity (Wildman–Crippen MR) is 63.1 cm³/mol. The van der Waals surface area contributed by atoms with Crippen LogP contribution in [0.5, 0.6) is 5.75 Å². The lowest BCUT2D eigenvalue weighted by Gasteiger charge is -2.16. The third-order valence-electron chi connectivity index (χ3n) is 2.08. The van der Waals surface area contributed by atoms with Crippen LogP contribution in [0.3, 0.4) is 0 Å². The maximum absolute atomic E-state index is 11.4. The van der Waals surface area contributed by atoms with Gasteiger partial charge in [-0.15, -0.1) is 0 Å². The van der Waals surface area contributed by atoms with Gasteiger partial charge in [-0.25, -0.2) is 5.84 Å². The molecule has 0 radical (unpaired) electrons. The Balaban J connectivity index is 2.67. The first-order valence-electron chi connectivity index (χ1n) is 5.10. The molecule has 0 saturated carbocycles. The van der Waals surface area contributed by atoms with E-state index < -0.39 is 6.10 Å². The number of carbonyl (C=O) groups is 1. The van der Waals surface area contributed by atoms with Crippen LogP contribution in [0.25, 0.3) is 0 Å². The highest BCUT2D eigenvalue weighted by atomic mass is 35.5. The van der Waals surface area contributed by atoms with Crippen LogP contribution in [0.2, 0.25) is 5.02 Å². The number of nitrogens with two attached hydrogens (primary N) is 1. The molecule has 5 heteroatoms. The molecule has 0 aliphatic heterocycles. The average molecular weight is 243 g/mol. The van der Waals surface area contributed by atoms with Gasteiger partial charge in [-0.2, -0.15) is 0 Å². The number of rotatable bonds is 5. The van der Waals surface area contributed by atoms with Crippen LogP contribution < -0.4 is 16.0 Å². The van der Waals surface area contributed by atoms with E-state index >= 15 is 0 Å². The van der Waals surface area contributed by atoms with Crippen molar-refractivity contribution in [1.82, 2.24) is 5.43 Å². The van der Waals surface area contributed by atoms with Crippen LogP contribution in [0.4, 0.5) is 0 Å². The van der Waals surface area contributed by atoms with Gasteiger partial charge in [0, 0.05) is 5.02 Å². The second-order valence-corrected chi connectivity index (χ2v) is 3.79. The molecule has 0 aromatic heterocycles. The number of ether oxygens (including phenoxy) is 1. The third-order valence-corrected chi connectivity index (χ3v) is 2.33. The fourth-order valence-corrected chi connectivity index (χ4v) is 1.40. The number of hydrazine groups is 1. The van der Waals surface area contributed by atoms with Crippen molar-refractivity contribution >= 4 is 17.5 Å². The number of halogens is 1. The minimum atomic E-state index is -0.559. The molecule has 0 aliphatic rings. The highest BCUT2D eigenvalue weighted by molar-refractivity contribution is 6.30. The molecule has 0 fully saturated rings. The number of hydrogen-bond acceptors (Lipinski definition) is 3. The summed E-state index contributed by atoms with van der Waals surface area (Å²) in [5.74, 6) is 5.36. The molecular weight excluding hydrogens is 228 g/mol. The van der Waals surface area contributed by atoms with Crippen molar-refractivity contribution in [2.45, 2.75) is 25.9 Å². The van der Waals surface area contributed by atoms with E-state index in [1.165, 1.54) is 0 Å². The van der Waals surface area contributed by atoms with Gasteiger partial charge in [0.1, 0.15) is 5.75 Å². The summed E-state index contributed by atoms with van der Waals surface area (Å²) in [6, 6.07) is 6.85. The summed E-state index contributed by atoms with van der Waals surface area (Å²) >= 11 is 5.74. The molecule has 1 aromatic rings. The molecule has 1 rings (SSSR count). The molecule has 16 heavy (non-hydrogen) atoms. The smallest absolute Gasteiger partial charge is 0.274 e. The van der Waals surface area contributed by atoms with Crippen molar-refractivity contribution in [3.05, 3.63) is 29.3 Å². The van der Waals surface area contributed by atoms with Crippen molar-refractivity contribution in [2.75, 3.05) is 0 Å². The SMILES string of the molecule is CCC[C@@H](Oc1ccc(Cl)cc1)C(=O)NN. The minimum Gasteiger partial charge on any atom is -0.481 e. The van der Waals surface area contributed by atoms with Crippen LogP contribution in [0.1, 0.15) is 19.8 Å². The molecular formula is C11H15ClN2O2. The quantitative estimate of drug-likeness (QED) is 0.471. The maximum Gasteiger partial charge on any atom is 0.274 e. The molecule has 0 unspecified atom stereocenters. The van der Waals surface area contributed by atoms with Crippen molar-refractivity contribution in [3.8, 4) is 5.75 Å². The Morgan fingerprint density at radius 3 is 2.62 bits per heavy atom. The van der Waals surface area contributed by atoms with E-state index in [-0.39, 0.29) is 5.91 Å². The molecule has 0 heterocycles. The monoisotopic (exact) mass is 242 g/mol. The third kappa shape index (κ3) is 3.72. The van der Waals surface area contributed by atoms with Gasteiger partial charge in [-0.05, 0) is 30.7 Å². The Morgan fingerprint density at radius 1 is 1.50 bits per heavy atom. The van der Waals surface area contributed by atoms with Gasteiger partial charge in [0.15, 0.2) is 6.10 Å². The molecule has 1 aromatic carbocycles. The van der Waals surface area contributed by atoms with E-state index in [9.17, 15) is 4.79 Å². The largest absolute Gasteiger partial charge is 0.481 e. The Morgan fingerprint density at radius 2 is 2.12 bits per heavy atom. The maximum atomic E-state index is 11.4. The fourth-order valence-electron chi connectivity index (χ4n) is 1.28. The normalized spacial score (nSPS) is 11.9. The zero-order chi connectivity index (χ0) is 12.0. The van der Waals surface area contributed by atoms with Crippen molar-refractivity contribution < 1.29 is 9.53 Å². The van der Waals surface area contributed by atoms with Crippen LogP contribution in [-0.2, 0) is 4.79 Å². The first-order valence-corrected chi connectivity index (χ1v) is 5.47. The summed E-state index contributed by atoms with van der Waals surface area (Å²) in [6.07, 6.45) is 0.897. The standard InChI is InChI=1S/C11H15ClN2O2/c1-2-3-10(11(15)14-13)16-9-6-4-8(12)5-7-9/h4-7,10H,2-3,13H2,1H3,(H,14,15)/t10-/m1/s1. The summed E-state index contributed by atoms with van der Waals surface area (Å²) in [5.41, 5.74) is 2.09. The highest BCUT2D eigenvalue weighted by Gasteiger charge is 2.18. The van der Waals surface area contributed by atoms with Gasteiger partial charge < -0.3 is 4.74 Å². The fraction of sp³-hybridized carbons (Fsp3) is 0.364. The van der Waals surface area contributed by atoms with Gasteiger partial charge in [-0.3, -0.25) is 10.2 Å². The number of nitrogens with one attached hydrogen (secondary N) is 1. The van der Waals surface area contributed by atoms with Gasteiger partial charge in [-0.1, -0.05) is 24.9 Å². The van der Waals surface area contributed by atoms with Crippen molar-refractivity contribution in [1.29, 1.82) is 0 Å². The summed E-state index contributed by atoms with van der Waals surface area (Å²) in [5, 5.41) is 0.627. The molecule has 0 aliphatic carbocycles. The highest BCUT2D eigenvalue weighted by Crippen LogP contribution is 2.18. The lowest BCUT2D eigenvalue weighted by Crippen LogP contribution is -2.42. The topological polar surface area (TPSA) is 64.3 Å². The second kappa shape index (κ2) is 6.35. The lowest BCUT2D eigenvalue weighted by molar-refractivity contribution is -0.128. The second-order valence-electron chi connectivity index (χ2n) is 3.36. The Labute approximate surface area is 99.7 Å². The summed E-state index contributed by atoms with van der Waals surface area (Å²) in [7, 11) is 0. The Hall–Kier alpha value is -1.26. The van der Waals surface area contributed by atoms with Gasteiger partial charge in [0.05, 0.1) is 0 Å². The van der Waals surface area contributed by atoms with Gasteiger partial charge >= 0.3 is 0 Å². The number of amides is 1. The zero-order valence-corrected chi connectivity index (χ0v) is 9.83. The van der Waals surface area contributed by atoms with Crippen LogP contribution in [0.15, 0.2) is 24.3 Å². The average Bonchev–Trinajstić information content (AvgIpc) is 2.30. The number of hydrogen-bond donors (Lipinski definition) is 2. The van der Waals surface area contributed by atoms with E-state index in [2.05, 4.69) is 5.43 Å². The van der Waals surface area contributed by atoms with E-state index in [0.29, 0.717) is 17.2 Å². The summed E-state index contributed by atoms with van der Waals surface area (Å²) < 4.78 is 5.51. The molecule has 0 spiro atoms. The van der Waals surface area contributed by atoms with E-state index in [4.69, 9.17) is 22.2 Å². The minimum absolute atomic E-state index is 0.322. The van der Waals surface area contributed by atoms with Crippen LogP contribution in [-0.4, -0.2) is 12.0 Å². The predicted octanol–water partition coefficient (Wildman–Crippen LogP) is 1.88. The van der Waals surface area contributed by atoms with E-state index in [1.54, 1.807) is 24.3 Å². The number of benzene rings is 1. The first-order chi connectivity index (χ1) is 7.67. The molecule has 0 bridgehead atoms. The number of carbonyl (C=O) groups excluding carboxylic acids is 1. The van der Waals surface area contributed by atoms with Crippen molar-refractivity contribution in [3.63, 3.8) is 0 Å². The zero-order valence-electron chi connectivity index (χ0n) is 9.07. The van der Waals surface area contributed by atoms with E-state index in [0.717, 1.165) is 6.42 Å². The Kier molecular flexibility index (Phi) is 5.08. The molecule has 4 nitrogen and oxygen atoms in total. The molecule has 88 valence electrons. The van der Waals surface area contributed by atoms with Crippen LogP contribution in [0, 0.1) is 0 Å².